The van der Waals surface area contributed by atoms with Gasteiger partial charge in [-0.2, -0.15) is 0 Å². The van der Waals surface area contributed by atoms with Crippen LogP contribution in [0.15, 0.2) is 23.4 Å². The van der Waals surface area contributed by atoms with E-state index in [-0.39, 0.29) is 6.04 Å². The van der Waals surface area contributed by atoms with Crippen molar-refractivity contribution in [2.24, 2.45) is 0 Å². The number of anilines is 1. The van der Waals surface area contributed by atoms with Crippen LogP contribution in [0.3, 0.4) is 0 Å². The van der Waals surface area contributed by atoms with E-state index in [4.69, 9.17) is 21.1 Å². The van der Waals surface area contributed by atoms with Gasteiger partial charge in [-0.05, 0) is 83.9 Å². The molecule has 0 bridgehead atoms. The number of amides is 2. The maximum Gasteiger partial charge on any atom is 0.416 e. The van der Waals surface area contributed by atoms with Crippen LogP contribution in [0.25, 0.3) is 12.2 Å². The molecule has 34 heavy (non-hydrogen) atoms. The lowest BCUT2D eigenvalue weighted by molar-refractivity contribution is 0.0287. The average molecular weight is 492 g/mol. The van der Waals surface area contributed by atoms with E-state index in [1.54, 1.807) is 16.0 Å². The van der Waals surface area contributed by atoms with Gasteiger partial charge in [-0.15, -0.1) is 0 Å². The third kappa shape index (κ3) is 8.05. The summed E-state index contributed by atoms with van der Waals surface area (Å²) in [6.45, 7) is 15.7. The van der Waals surface area contributed by atoms with Crippen LogP contribution < -0.4 is 15.3 Å². The minimum atomic E-state index is -0.682. The molecule has 7 nitrogen and oxygen atoms in total. The molecule has 0 radical (unpaired) electrons. The first-order valence-electron chi connectivity index (χ1n) is 11.7. The Labute approximate surface area is 208 Å². The molecule has 0 saturated carbocycles. The second kappa shape index (κ2) is 11.3. The number of hydrogen-bond donors (Lipinski definition) is 0. The lowest BCUT2D eigenvalue weighted by Gasteiger charge is -2.31. The predicted octanol–water partition coefficient (Wildman–Crippen LogP) is 4.95. The standard InChI is InChI=1S/C26H38ClN3O4/c1-9-11-20(27)14-19-15-22(28-16-18(19)10-2)30(24(32)34-26(6,7)8)21-12-13-29(17-21)23(31)33-25(3,4)5/h10-11,14-16,21H,9,12-13,17H2,1-8H3/b18-10-,19-14-,20-11-. The molecule has 1 aromatic heterocycles. The van der Waals surface area contributed by atoms with Crippen molar-refractivity contribution >= 4 is 41.8 Å². The van der Waals surface area contributed by atoms with Gasteiger partial charge in [0.05, 0.1) is 6.04 Å². The number of nitrogens with zero attached hydrogens (tertiary/aromatic N) is 3. The number of aromatic nitrogens is 1. The highest BCUT2D eigenvalue weighted by molar-refractivity contribution is 6.33. The average Bonchev–Trinajstić information content (AvgIpc) is 3.15. The summed E-state index contributed by atoms with van der Waals surface area (Å²) in [5, 5.41) is 2.36. The Morgan fingerprint density at radius 2 is 1.82 bits per heavy atom. The molecule has 0 aliphatic carbocycles. The summed E-state index contributed by atoms with van der Waals surface area (Å²) in [5.74, 6) is 0.447. The minimum absolute atomic E-state index is 0.305. The zero-order valence-electron chi connectivity index (χ0n) is 21.6. The van der Waals surface area contributed by atoms with Crippen molar-refractivity contribution in [3.05, 3.63) is 33.8 Å². The molecule has 1 fully saturated rings. The molecule has 1 saturated heterocycles. The van der Waals surface area contributed by atoms with Gasteiger partial charge in [-0.1, -0.05) is 30.7 Å². The Bertz CT molecular complexity index is 1040. The summed E-state index contributed by atoms with van der Waals surface area (Å²) in [6, 6.07) is 1.53. The number of pyridine rings is 1. The summed E-state index contributed by atoms with van der Waals surface area (Å²) >= 11 is 6.37. The van der Waals surface area contributed by atoms with E-state index in [1.165, 1.54) is 0 Å². The van der Waals surface area contributed by atoms with Crippen molar-refractivity contribution in [1.29, 1.82) is 0 Å². The zero-order valence-corrected chi connectivity index (χ0v) is 22.4. The third-order valence-electron chi connectivity index (χ3n) is 4.97. The van der Waals surface area contributed by atoms with E-state index in [2.05, 4.69) is 4.98 Å². The summed E-state index contributed by atoms with van der Waals surface area (Å²) in [4.78, 5) is 33.7. The van der Waals surface area contributed by atoms with Gasteiger partial charge in [0.25, 0.3) is 0 Å². The topological polar surface area (TPSA) is 72.0 Å². The monoisotopic (exact) mass is 491 g/mol. The van der Waals surface area contributed by atoms with Gasteiger partial charge >= 0.3 is 12.2 Å². The van der Waals surface area contributed by atoms with Crippen molar-refractivity contribution in [3.63, 3.8) is 0 Å². The van der Waals surface area contributed by atoms with E-state index >= 15 is 0 Å². The van der Waals surface area contributed by atoms with Crippen LogP contribution in [0.2, 0.25) is 0 Å². The maximum absolute atomic E-state index is 13.3. The molecule has 2 amide bonds. The Morgan fingerprint density at radius 1 is 1.18 bits per heavy atom. The molecule has 8 heteroatoms. The maximum atomic E-state index is 13.3. The van der Waals surface area contributed by atoms with Gasteiger partial charge < -0.3 is 14.4 Å². The van der Waals surface area contributed by atoms with E-state index < -0.39 is 23.4 Å². The highest BCUT2D eigenvalue weighted by atomic mass is 35.5. The molecular formula is C26H38ClN3O4. The number of ether oxygens (including phenoxy) is 2. The highest BCUT2D eigenvalue weighted by Gasteiger charge is 2.38. The number of likely N-dealkylation sites (tertiary alicyclic amines) is 1. The Hall–Kier alpha value is -2.54. The molecule has 1 aromatic rings. The van der Waals surface area contributed by atoms with Crippen LogP contribution in [-0.4, -0.2) is 52.4 Å². The molecule has 0 spiro atoms. The number of allylic oxidation sites excluding steroid dienone is 2. The smallest absolute Gasteiger partial charge is 0.416 e. The predicted molar refractivity (Wildman–Crippen MR) is 137 cm³/mol. The van der Waals surface area contributed by atoms with Crippen LogP contribution in [0.5, 0.6) is 0 Å². The van der Waals surface area contributed by atoms with Crippen molar-refractivity contribution in [2.75, 3.05) is 18.0 Å². The normalized spacial score (nSPS) is 18.3. The fourth-order valence-corrected chi connectivity index (χ4v) is 3.83. The summed E-state index contributed by atoms with van der Waals surface area (Å²) in [7, 11) is 0. The Morgan fingerprint density at radius 3 is 2.38 bits per heavy atom. The lowest BCUT2D eigenvalue weighted by Crippen LogP contribution is -2.47. The molecular weight excluding hydrogens is 454 g/mol. The molecule has 0 aromatic carbocycles. The van der Waals surface area contributed by atoms with Crippen molar-refractivity contribution in [3.8, 4) is 0 Å². The molecule has 1 aliphatic heterocycles. The number of rotatable bonds is 4. The first kappa shape index (κ1) is 27.7. The van der Waals surface area contributed by atoms with E-state index in [0.29, 0.717) is 30.4 Å². The largest absolute Gasteiger partial charge is 0.444 e. The molecule has 1 unspecified atom stereocenters. The number of carbonyl (C=O) groups is 2. The van der Waals surface area contributed by atoms with Gasteiger partial charge in [0, 0.05) is 24.3 Å². The van der Waals surface area contributed by atoms with Gasteiger partial charge in [0.15, 0.2) is 0 Å². The highest BCUT2D eigenvalue weighted by Crippen LogP contribution is 2.25. The summed E-state index contributed by atoms with van der Waals surface area (Å²) in [5.41, 5.74) is -1.28. The molecule has 0 N–H and O–H groups in total. The summed E-state index contributed by atoms with van der Waals surface area (Å²) < 4.78 is 11.2. The van der Waals surface area contributed by atoms with Crippen LogP contribution in [0, 0.1) is 0 Å². The molecule has 1 aliphatic rings. The minimum Gasteiger partial charge on any atom is -0.444 e. The third-order valence-corrected chi connectivity index (χ3v) is 5.24. The number of hydrogen-bond acceptors (Lipinski definition) is 5. The second-order valence-electron chi connectivity index (χ2n) is 10.3. The summed E-state index contributed by atoms with van der Waals surface area (Å²) in [6.07, 6.45) is 7.93. The quantitative estimate of drug-likeness (QED) is 0.596. The Kier molecular flexibility index (Phi) is 9.17. The van der Waals surface area contributed by atoms with Crippen LogP contribution in [0.4, 0.5) is 15.4 Å². The van der Waals surface area contributed by atoms with Crippen LogP contribution >= 0.6 is 11.6 Å². The fraction of sp³-hybridized carbons (Fsp3) is 0.577. The second-order valence-corrected chi connectivity index (χ2v) is 10.8. The molecule has 2 heterocycles. The molecule has 188 valence electrons. The van der Waals surface area contributed by atoms with E-state index in [1.807, 2.05) is 79.7 Å². The van der Waals surface area contributed by atoms with Gasteiger partial charge in [0.1, 0.15) is 17.0 Å². The van der Waals surface area contributed by atoms with E-state index in [9.17, 15) is 9.59 Å². The van der Waals surface area contributed by atoms with Crippen LogP contribution in [-0.2, 0) is 9.47 Å². The first-order chi connectivity index (χ1) is 15.7. The molecule has 2 rings (SSSR count). The fourth-order valence-electron chi connectivity index (χ4n) is 3.56. The van der Waals surface area contributed by atoms with Crippen LogP contribution in [0.1, 0.15) is 68.2 Å². The Balaban J connectivity index is 2.48. The number of halogens is 1. The van der Waals surface area contributed by atoms with Gasteiger partial charge in [0.2, 0.25) is 0 Å². The first-order valence-corrected chi connectivity index (χ1v) is 12.1. The van der Waals surface area contributed by atoms with Gasteiger partial charge in [-0.3, -0.25) is 4.90 Å². The van der Waals surface area contributed by atoms with Crippen molar-refractivity contribution in [2.45, 2.75) is 85.5 Å². The van der Waals surface area contributed by atoms with E-state index in [0.717, 1.165) is 16.9 Å². The van der Waals surface area contributed by atoms with Gasteiger partial charge in [-0.25, -0.2) is 14.6 Å². The molecule has 1 atom stereocenters. The van der Waals surface area contributed by atoms with Crippen molar-refractivity contribution < 1.29 is 19.1 Å². The number of carbonyl (C=O) groups excluding carboxylic acids is 2. The van der Waals surface area contributed by atoms with Crippen molar-refractivity contribution in [1.82, 2.24) is 9.88 Å². The SMILES string of the molecule is C/C=c1/cnc(N(C(=O)OC(C)(C)C)C2CCN(C(=O)OC(C)(C)C)C2)c/c1=C/C(Cl)=C/CC. The lowest BCUT2D eigenvalue weighted by atomic mass is 10.2. The zero-order chi connectivity index (χ0) is 25.7.